The molecule has 1 fully saturated rings. The number of likely N-dealkylation sites (tertiary alicyclic amines) is 1. The van der Waals surface area contributed by atoms with Gasteiger partial charge in [0.2, 0.25) is 0 Å². The van der Waals surface area contributed by atoms with Gasteiger partial charge >= 0.3 is 6.09 Å². The number of hydrogen-bond donors (Lipinski definition) is 1. The number of primary amides is 1. The maximum Gasteiger partial charge on any atom is 0.519 e. The molecule has 0 aliphatic carbocycles. The summed E-state index contributed by atoms with van der Waals surface area (Å²) in [7, 11) is 0. The molecule has 0 radical (unpaired) electrons. The van der Waals surface area contributed by atoms with Crippen molar-refractivity contribution >= 4 is 11.8 Å². The normalized spacial score (nSPS) is 15.5. The van der Waals surface area contributed by atoms with E-state index in [1.807, 2.05) is 24.3 Å². The summed E-state index contributed by atoms with van der Waals surface area (Å²) in [4.78, 5) is 14.0. The summed E-state index contributed by atoms with van der Waals surface area (Å²) in [6, 6.07) is 7.53. The zero-order valence-electron chi connectivity index (χ0n) is 13.4. The van der Waals surface area contributed by atoms with Crippen LogP contribution in [0.2, 0.25) is 0 Å². The van der Waals surface area contributed by atoms with E-state index in [0.717, 1.165) is 44.0 Å². The minimum absolute atomic E-state index is 0.287. The zero-order chi connectivity index (χ0) is 15.6. The molecule has 0 unspecified atom stereocenters. The van der Waals surface area contributed by atoms with Crippen molar-refractivity contribution in [3.8, 4) is 5.75 Å². The van der Waals surface area contributed by atoms with Gasteiger partial charge in [-0.3, -0.25) is 4.90 Å². The lowest BCUT2D eigenvalue weighted by molar-refractivity contribution is -0.483. The third-order valence-corrected chi connectivity index (χ3v) is 3.77. The number of carbonyl (C=O) groups is 1. The Labute approximate surface area is 132 Å². The Morgan fingerprint density at radius 3 is 2.59 bits per heavy atom. The van der Waals surface area contributed by atoms with E-state index in [-0.39, 0.29) is 6.09 Å². The lowest BCUT2D eigenvalue weighted by atomic mass is 10.1. The molecular formula is C17H27N2O3+. The minimum atomic E-state index is -0.287. The van der Waals surface area contributed by atoms with Crippen LogP contribution in [0.15, 0.2) is 24.3 Å². The summed E-state index contributed by atoms with van der Waals surface area (Å²) in [6.45, 7) is 5.32. The van der Waals surface area contributed by atoms with E-state index in [2.05, 4.69) is 11.8 Å². The summed E-state index contributed by atoms with van der Waals surface area (Å²) in [5.74, 6) is 0.840. The quantitative estimate of drug-likeness (QED) is 0.621. The molecule has 1 aromatic rings. The number of nitrogens with zero attached hydrogens (tertiary/aromatic N) is 1. The van der Waals surface area contributed by atoms with Crippen LogP contribution in [0.3, 0.4) is 0 Å². The molecule has 0 aromatic heterocycles. The Balaban J connectivity index is 1.69. The van der Waals surface area contributed by atoms with Crippen LogP contribution in [0.1, 0.15) is 39.0 Å². The van der Waals surface area contributed by atoms with Crippen molar-refractivity contribution in [1.82, 2.24) is 4.90 Å². The topological polar surface area (TPSA) is 55.4 Å². The molecule has 0 spiro atoms. The molecule has 1 aromatic carbocycles. The molecule has 1 aliphatic heterocycles. The van der Waals surface area contributed by atoms with Crippen molar-refractivity contribution in [2.24, 2.45) is 0 Å². The van der Waals surface area contributed by atoms with Crippen LogP contribution in [-0.4, -0.2) is 37.4 Å². The molecule has 5 heteroatoms. The molecule has 0 saturated carbocycles. The first-order valence-electron chi connectivity index (χ1n) is 8.24. The van der Waals surface area contributed by atoms with Crippen molar-refractivity contribution in [2.75, 3.05) is 26.4 Å². The zero-order valence-corrected chi connectivity index (χ0v) is 13.4. The average Bonchev–Trinajstić information content (AvgIpc) is 2.56. The van der Waals surface area contributed by atoms with E-state index < -0.39 is 0 Å². The van der Waals surface area contributed by atoms with E-state index in [0.29, 0.717) is 6.73 Å². The number of carbonyl (C=O) groups excluding carboxylic acids is 1. The second-order valence-corrected chi connectivity index (χ2v) is 5.69. The molecule has 122 valence electrons. The first-order valence-corrected chi connectivity index (χ1v) is 8.24. The van der Waals surface area contributed by atoms with E-state index in [1.165, 1.54) is 24.6 Å². The number of ether oxygens (including phenoxy) is 2. The first-order chi connectivity index (χ1) is 10.8. The predicted octanol–water partition coefficient (Wildman–Crippen LogP) is 2.64. The Hall–Kier alpha value is -1.59. The van der Waals surface area contributed by atoms with Gasteiger partial charge in [-0.2, -0.15) is 4.79 Å². The lowest BCUT2D eigenvalue weighted by Crippen LogP contribution is -2.82. The summed E-state index contributed by atoms with van der Waals surface area (Å²) < 4.78 is 10.9. The number of nitrogens with two attached hydrogens (primary N) is 1. The third-order valence-electron chi connectivity index (χ3n) is 3.77. The molecule has 5 nitrogen and oxygen atoms in total. The third kappa shape index (κ3) is 6.03. The highest BCUT2D eigenvalue weighted by Crippen LogP contribution is 2.13. The molecule has 2 rings (SSSR count). The number of benzene rings is 1. The maximum absolute atomic E-state index is 11.8. The Kier molecular flexibility index (Phi) is 7.19. The molecule has 22 heavy (non-hydrogen) atoms. The molecule has 2 N–H and O–H groups in total. The van der Waals surface area contributed by atoms with Crippen LogP contribution in [0.5, 0.6) is 5.75 Å². The van der Waals surface area contributed by atoms with Crippen molar-refractivity contribution in [3.05, 3.63) is 24.3 Å². The lowest BCUT2D eigenvalue weighted by Gasteiger charge is -2.24. The fourth-order valence-electron chi connectivity index (χ4n) is 2.42. The van der Waals surface area contributed by atoms with Crippen molar-refractivity contribution in [1.29, 1.82) is 0 Å². The van der Waals surface area contributed by atoms with Crippen LogP contribution in [0.25, 0.3) is 0 Å². The maximum atomic E-state index is 11.8. The van der Waals surface area contributed by atoms with Gasteiger partial charge in [0.1, 0.15) is 11.4 Å². The van der Waals surface area contributed by atoms with Gasteiger partial charge in [0, 0.05) is 25.2 Å². The standard InChI is InChI=1S/C17H26N2O3/c1-2-3-13-21-16-9-7-15(8-10-16)18-17(20)22-14-19-11-5-4-6-12-19/h7-10H,2-6,11-14H2,1H3,(H,18,20)/p+1. The largest absolute Gasteiger partial charge is 0.519 e. The average molecular weight is 307 g/mol. The second kappa shape index (κ2) is 9.43. The van der Waals surface area contributed by atoms with Gasteiger partial charge in [-0.25, -0.2) is 5.32 Å². The molecule has 0 atom stereocenters. The van der Waals surface area contributed by atoms with Gasteiger partial charge in [-0.05, 0) is 31.4 Å². The fourth-order valence-corrected chi connectivity index (χ4v) is 2.42. The van der Waals surface area contributed by atoms with E-state index >= 15 is 0 Å². The van der Waals surface area contributed by atoms with Crippen LogP contribution in [-0.2, 0) is 4.74 Å². The summed E-state index contributed by atoms with van der Waals surface area (Å²) >= 11 is 0. The highest BCUT2D eigenvalue weighted by Gasteiger charge is 2.14. The van der Waals surface area contributed by atoms with Crippen LogP contribution >= 0.6 is 0 Å². The SMILES string of the molecule is CCCCOc1ccc([NH2+]C(=O)OCN2CCCCC2)cc1. The number of amides is 1. The van der Waals surface area contributed by atoms with Crippen LogP contribution in [0, 0.1) is 0 Å². The van der Waals surface area contributed by atoms with Crippen molar-refractivity contribution in [3.63, 3.8) is 0 Å². The van der Waals surface area contributed by atoms with Gasteiger partial charge in [0.05, 0.1) is 6.61 Å². The first kappa shape index (κ1) is 16.8. The van der Waals surface area contributed by atoms with Crippen molar-refractivity contribution < 1.29 is 19.6 Å². The number of quaternary nitrogens is 1. The van der Waals surface area contributed by atoms with Gasteiger partial charge in [0.25, 0.3) is 0 Å². The fraction of sp³-hybridized carbons (Fsp3) is 0.588. The molecule has 1 heterocycles. The van der Waals surface area contributed by atoms with E-state index in [9.17, 15) is 4.79 Å². The Morgan fingerprint density at radius 1 is 1.18 bits per heavy atom. The Bertz CT molecular complexity index is 442. The molecular weight excluding hydrogens is 280 g/mol. The second-order valence-electron chi connectivity index (χ2n) is 5.69. The highest BCUT2D eigenvalue weighted by molar-refractivity contribution is 5.59. The molecule has 1 saturated heterocycles. The minimum Gasteiger partial charge on any atom is -0.494 e. The van der Waals surface area contributed by atoms with Gasteiger partial charge < -0.3 is 9.47 Å². The Morgan fingerprint density at radius 2 is 1.91 bits per heavy atom. The summed E-state index contributed by atoms with van der Waals surface area (Å²) in [6.07, 6.45) is 5.56. The van der Waals surface area contributed by atoms with Gasteiger partial charge in [-0.1, -0.05) is 19.8 Å². The van der Waals surface area contributed by atoms with Crippen molar-refractivity contribution in [2.45, 2.75) is 39.0 Å². The molecule has 1 aliphatic rings. The van der Waals surface area contributed by atoms with Gasteiger partial charge in [0.15, 0.2) is 6.73 Å². The molecule has 1 amide bonds. The number of rotatable bonds is 7. The molecule has 0 bridgehead atoms. The number of piperidine rings is 1. The highest BCUT2D eigenvalue weighted by atomic mass is 16.6. The predicted molar refractivity (Wildman–Crippen MR) is 85.2 cm³/mol. The van der Waals surface area contributed by atoms with Gasteiger partial charge in [-0.15, -0.1) is 0 Å². The smallest absolute Gasteiger partial charge is 0.494 e. The van der Waals surface area contributed by atoms with E-state index in [4.69, 9.17) is 9.47 Å². The monoisotopic (exact) mass is 307 g/mol. The number of hydrogen-bond acceptors (Lipinski definition) is 4. The summed E-state index contributed by atoms with van der Waals surface area (Å²) in [5.41, 5.74) is 0.839. The van der Waals surface area contributed by atoms with Crippen LogP contribution in [0.4, 0.5) is 10.5 Å². The van der Waals surface area contributed by atoms with Crippen LogP contribution < -0.4 is 10.1 Å². The van der Waals surface area contributed by atoms with E-state index in [1.54, 1.807) is 0 Å². The number of unbranched alkanes of at least 4 members (excludes halogenated alkanes) is 1. The summed E-state index contributed by atoms with van der Waals surface area (Å²) in [5, 5.41) is 1.53.